The Kier molecular flexibility index (Phi) is 4.34. The number of rotatable bonds is 6. The van der Waals surface area contributed by atoms with Gasteiger partial charge in [-0.05, 0) is 35.9 Å². The van der Waals surface area contributed by atoms with Gasteiger partial charge in [0.2, 0.25) is 0 Å². The van der Waals surface area contributed by atoms with Crippen LogP contribution < -0.4 is 0 Å². The minimum absolute atomic E-state index is 0.0616. The normalized spacial score (nSPS) is 14.8. The first-order valence-electron chi connectivity index (χ1n) is 6.04. The fourth-order valence-electron chi connectivity index (χ4n) is 1.86. The van der Waals surface area contributed by atoms with Crippen molar-refractivity contribution in [2.75, 3.05) is 13.2 Å². The highest BCUT2D eigenvalue weighted by molar-refractivity contribution is 7.12. The smallest absolute Gasteiger partial charge is 0.328 e. The molecule has 0 radical (unpaired) electrons. The van der Waals surface area contributed by atoms with Gasteiger partial charge >= 0.3 is 5.97 Å². The number of hydrogen-bond acceptors (Lipinski definition) is 4. The molecule has 6 heteroatoms. The molecule has 102 valence electrons. The number of amides is 1. The minimum Gasteiger partial charge on any atom is -0.478 e. The summed E-state index contributed by atoms with van der Waals surface area (Å²) < 4.78 is 0. The van der Waals surface area contributed by atoms with Gasteiger partial charge in [0.1, 0.15) is 0 Å². The molecule has 1 saturated carbocycles. The van der Waals surface area contributed by atoms with E-state index in [4.69, 9.17) is 10.2 Å². The van der Waals surface area contributed by atoms with Crippen LogP contribution in [0.2, 0.25) is 0 Å². The van der Waals surface area contributed by atoms with Crippen LogP contribution >= 0.6 is 11.3 Å². The lowest BCUT2D eigenvalue weighted by Crippen LogP contribution is -2.35. The Morgan fingerprint density at radius 3 is 2.79 bits per heavy atom. The Morgan fingerprint density at radius 1 is 1.47 bits per heavy atom. The van der Waals surface area contributed by atoms with Gasteiger partial charge in [0.05, 0.1) is 11.5 Å². The number of carbonyl (C=O) groups is 2. The van der Waals surface area contributed by atoms with Gasteiger partial charge in [-0.1, -0.05) is 0 Å². The number of hydrogen-bond donors (Lipinski definition) is 2. The van der Waals surface area contributed by atoms with E-state index in [1.165, 1.54) is 17.4 Å². The van der Waals surface area contributed by atoms with Gasteiger partial charge in [0, 0.05) is 18.7 Å². The zero-order chi connectivity index (χ0) is 13.8. The molecule has 1 heterocycles. The van der Waals surface area contributed by atoms with Crippen LogP contribution in [-0.4, -0.2) is 46.2 Å². The summed E-state index contributed by atoms with van der Waals surface area (Å²) in [4.78, 5) is 25.1. The topological polar surface area (TPSA) is 77.8 Å². The van der Waals surface area contributed by atoms with Crippen LogP contribution in [0, 0.1) is 0 Å². The number of carboxylic acid groups (broad SMARTS) is 1. The molecular weight excluding hydrogens is 266 g/mol. The van der Waals surface area contributed by atoms with Crippen molar-refractivity contribution in [1.29, 1.82) is 0 Å². The molecule has 0 aromatic carbocycles. The second-order valence-corrected chi connectivity index (χ2v) is 5.25. The van der Waals surface area contributed by atoms with E-state index in [1.807, 2.05) is 0 Å². The third-order valence-corrected chi connectivity index (χ3v) is 3.80. The van der Waals surface area contributed by atoms with E-state index in [9.17, 15) is 9.59 Å². The van der Waals surface area contributed by atoms with E-state index in [1.54, 1.807) is 16.3 Å². The minimum atomic E-state index is -1.04. The summed E-state index contributed by atoms with van der Waals surface area (Å²) in [5, 5.41) is 19.4. The van der Waals surface area contributed by atoms with Crippen molar-refractivity contribution in [2.45, 2.75) is 18.9 Å². The summed E-state index contributed by atoms with van der Waals surface area (Å²) in [5.41, 5.74) is 0.612. The highest BCUT2D eigenvalue weighted by Gasteiger charge is 2.33. The van der Waals surface area contributed by atoms with Crippen LogP contribution in [0.1, 0.15) is 28.1 Å². The molecule has 2 rings (SSSR count). The van der Waals surface area contributed by atoms with E-state index in [-0.39, 0.29) is 18.6 Å². The third-order valence-electron chi connectivity index (χ3n) is 2.88. The van der Waals surface area contributed by atoms with E-state index >= 15 is 0 Å². The Balaban J connectivity index is 2.18. The van der Waals surface area contributed by atoms with Gasteiger partial charge < -0.3 is 15.1 Å². The maximum Gasteiger partial charge on any atom is 0.328 e. The molecule has 1 aromatic heterocycles. The molecule has 0 unspecified atom stereocenters. The zero-order valence-electron chi connectivity index (χ0n) is 10.3. The molecule has 2 N–H and O–H groups in total. The lowest BCUT2D eigenvalue weighted by atomic mass is 10.2. The average molecular weight is 281 g/mol. The maximum atomic E-state index is 12.4. The number of carbonyl (C=O) groups excluding carboxylic acids is 1. The van der Waals surface area contributed by atoms with E-state index in [0.29, 0.717) is 17.0 Å². The van der Waals surface area contributed by atoms with Crippen LogP contribution in [-0.2, 0) is 4.79 Å². The van der Waals surface area contributed by atoms with Crippen LogP contribution in [0.25, 0.3) is 6.08 Å². The van der Waals surface area contributed by atoms with E-state index in [2.05, 4.69) is 0 Å². The maximum absolute atomic E-state index is 12.4. The molecule has 0 saturated heterocycles. The Bertz CT molecular complexity index is 504. The predicted octanol–water partition coefficient (Wildman–Crippen LogP) is 1.44. The molecular formula is C13H15NO4S. The quantitative estimate of drug-likeness (QED) is 0.773. The highest BCUT2D eigenvalue weighted by atomic mass is 32.1. The summed E-state index contributed by atoms with van der Waals surface area (Å²) in [7, 11) is 0. The van der Waals surface area contributed by atoms with Gasteiger partial charge in [-0.3, -0.25) is 4.79 Å². The first kappa shape index (κ1) is 13.8. The summed E-state index contributed by atoms with van der Waals surface area (Å²) in [5.74, 6) is -1.17. The highest BCUT2D eigenvalue weighted by Crippen LogP contribution is 2.30. The fourth-order valence-corrected chi connectivity index (χ4v) is 2.70. The molecule has 1 aliphatic rings. The van der Waals surface area contributed by atoms with Crippen molar-refractivity contribution < 1.29 is 19.8 Å². The first-order chi connectivity index (χ1) is 9.13. The third kappa shape index (κ3) is 3.42. The monoisotopic (exact) mass is 281 g/mol. The van der Waals surface area contributed by atoms with Crippen LogP contribution in [0.4, 0.5) is 0 Å². The van der Waals surface area contributed by atoms with Gasteiger partial charge in [0.15, 0.2) is 0 Å². The van der Waals surface area contributed by atoms with Crippen molar-refractivity contribution in [1.82, 2.24) is 4.90 Å². The fraction of sp³-hybridized carbons (Fsp3) is 0.385. The zero-order valence-corrected chi connectivity index (χ0v) is 11.1. The van der Waals surface area contributed by atoms with Gasteiger partial charge in [-0.25, -0.2) is 4.79 Å². The molecule has 0 spiro atoms. The first-order valence-corrected chi connectivity index (χ1v) is 6.91. The largest absolute Gasteiger partial charge is 0.478 e. The Hall–Kier alpha value is -1.66. The molecule has 1 aromatic rings. The molecule has 0 aliphatic heterocycles. The van der Waals surface area contributed by atoms with Gasteiger partial charge in [-0.2, -0.15) is 0 Å². The lowest BCUT2D eigenvalue weighted by molar-refractivity contribution is -0.131. The predicted molar refractivity (Wildman–Crippen MR) is 72.1 cm³/mol. The number of nitrogens with zero attached hydrogens (tertiary/aromatic N) is 1. The standard InChI is InChI=1S/C13H15NO4S/c15-7-6-14(10-2-3-10)13(18)12-9(5-8-19-12)1-4-11(16)17/h1,4-5,8,10,15H,2-3,6-7H2,(H,16,17). The average Bonchev–Trinajstić information content (AvgIpc) is 3.10. The molecule has 5 nitrogen and oxygen atoms in total. The van der Waals surface area contributed by atoms with E-state index in [0.717, 1.165) is 18.9 Å². The van der Waals surface area contributed by atoms with Crippen LogP contribution in [0.15, 0.2) is 17.5 Å². The Morgan fingerprint density at radius 2 is 2.21 bits per heavy atom. The summed E-state index contributed by atoms with van der Waals surface area (Å²) in [6.07, 6.45) is 4.39. The van der Waals surface area contributed by atoms with E-state index < -0.39 is 5.97 Å². The number of aliphatic carboxylic acids is 1. The molecule has 0 bridgehead atoms. The second kappa shape index (κ2) is 5.99. The van der Waals surface area contributed by atoms with Crippen molar-refractivity contribution >= 4 is 29.3 Å². The van der Waals surface area contributed by atoms with Crippen molar-refractivity contribution in [3.05, 3.63) is 28.0 Å². The summed E-state index contributed by atoms with van der Waals surface area (Å²) in [6, 6.07) is 1.94. The second-order valence-electron chi connectivity index (χ2n) is 4.33. The summed E-state index contributed by atoms with van der Waals surface area (Å²) >= 11 is 1.29. The van der Waals surface area contributed by atoms with Gasteiger partial charge in [0.25, 0.3) is 5.91 Å². The summed E-state index contributed by atoms with van der Waals surface area (Å²) in [6.45, 7) is 0.261. The number of aliphatic hydroxyl groups excluding tert-OH is 1. The number of carboxylic acids is 1. The van der Waals surface area contributed by atoms with Crippen molar-refractivity contribution in [3.8, 4) is 0 Å². The van der Waals surface area contributed by atoms with Crippen LogP contribution in [0.3, 0.4) is 0 Å². The molecule has 0 atom stereocenters. The number of aliphatic hydroxyl groups is 1. The van der Waals surface area contributed by atoms with Gasteiger partial charge in [-0.15, -0.1) is 11.3 Å². The molecule has 1 aliphatic carbocycles. The van der Waals surface area contributed by atoms with Crippen molar-refractivity contribution in [3.63, 3.8) is 0 Å². The molecule has 19 heavy (non-hydrogen) atoms. The molecule has 1 amide bonds. The number of thiophene rings is 1. The molecule has 1 fully saturated rings. The van der Waals surface area contributed by atoms with Crippen LogP contribution in [0.5, 0.6) is 0 Å². The SMILES string of the molecule is O=C(O)C=Cc1ccsc1C(=O)N(CCO)C1CC1. The lowest BCUT2D eigenvalue weighted by Gasteiger charge is -2.20. The van der Waals surface area contributed by atoms with Crippen molar-refractivity contribution in [2.24, 2.45) is 0 Å². The Labute approximate surface area is 114 Å².